The first-order valence-corrected chi connectivity index (χ1v) is 4.91. The van der Waals surface area contributed by atoms with Crippen molar-refractivity contribution in [2.45, 2.75) is 0 Å². The highest BCUT2D eigenvalue weighted by molar-refractivity contribution is 6.33. The summed E-state index contributed by atoms with van der Waals surface area (Å²) in [4.78, 5) is 10.9. The van der Waals surface area contributed by atoms with Crippen LogP contribution in [0.5, 0.6) is 0 Å². The maximum absolute atomic E-state index is 13.7. The van der Waals surface area contributed by atoms with Crippen LogP contribution in [0.3, 0.4) is 0 Å². The number of aromatic nitrogens is 2. The smallest absolute Gasteiger partial charge is 0.354 e. The van der Waals surface area contributed by atoms with Crippen molar-refractivity contribution in [1.29, 1.82) is 0 Å². The fourth-order valence-corrected chi connectivity index (χ4v) is 1.76. The lowest BCUT2D eigenvalue weighted by molar-refractivity contribution is 0.0691. The molecule has 17 heavy (non-hydrogen) atoms. The maximum atomic E-state index is 13.7. The molecule has 0 aliphatic heterocycles. The molecule has 5 nitrogen and oxygen atoms in total. The molecule has 0 saturated heterocycles. The van der Waals surface area contributed by atoms with E-state index >= 15 is 0 Å². The summed E-state index contributed by atoms with van der Waals surface area (Å²) < 4.78 is 13.7. The zero-order chi connectivity index (χ0) is 12.6. The van der Waals surface area contributed by atoms with Crippen LogP contribution in [0, 0.1) is 5.82 Å². The molecule has 1 aromatic heterocycles. The molecule has 0 bridgehead atoms. The van der Waals surface area contributed by atoms with Gasteiger partial charge in [0, 0.05) is 5.56 Å². The third-order valence-corrected chi connectivity index (χ3v) is 2.54. The standard InChI is InChI=1S/C10H7ClFN3O2/c11-4-2-1-3-5(12)6(4)7-8(10(16)17)14-15-9(7)13/h1-3H,(H,16,17)(H3,13,14,15). The van der Waals surface area contributed by atoms with E-state index in [1.54, 1.807) is 0 Å². The molecular formula is C10H7ClFN3O2. The molecule has 0 atom stereocenters. The maximum Gasteiger partial charge on any atom is 0.354 e. The molecule has 1 heterocycles. The number of nitrogens with zero attached hydrogens (tertiary/aromatic N) is 1. The first-order chi connectivity index (χ1) is 8.02. The number of aromatic amines is 1. The van der Waals surface area contributed by atoms with Crippen molar-refractivity contribution in [3.8, 4) is 11.1 Å². The molecule has 0 saturated carbocycles. The average molecular weight is 256 g/mol. The fraction of sp³-hybridized carbons (Fsp3) is 0. The van der Waals surface area contributed by atoms with Gasteiger partial charge in [0.1, 0.15) is 5.82 Å². The number of halogens is 2. The molecule has 0 fully saturated rings. The summed E-state index contributed by atoms with van der Waals surface area (Å²) in [6.45, 7) is 0. The Hall–Kier alpha value is -2.08. The van der Waals surface area contributed by atoms with Gasteiger partial charge in [0.2, 0.25) is 0 Å². The summed E-state index contributed by atoms with van der Waals surface area (Å²) in [7, 11) is 0. The Morgan fingerprint density at radius 1 is 1.47 bits per heavy atom. The van der Waals surface area contributed by atoms with Crippen LogP contribution in [0.1, 0.15) is 10.5 Å². The Labute approximate surface area is 100 Å². The molecule has 4 N–H and O–H groups in total. The van der Waals surface area contributed by atoms with Crippen LogP contribution in [-0.4, -0.2) is 21.3 Å². The number of rotatable bonds is 2. The van der Waals surface area contributed by atoms with Crippen LogP contribution in [0.4, 0.5) is 10.2 Å². The molecule has 1 aromatic carbocycles. The van der Waals surface area contributed by atoms with Gasteiger partial charge in [-0.1, -0.05) is 17.7 Å². The molecule has 88 valence electrons. The molecule has 2 rings (SSSR count). The summed E-state index contributed by atoms with van der Waals surface area (Å²) in [5, 5.41) is 14.8. The van der Waals surface area contributed by atoms with E-state index in [1.807, 2.05) is 0 Å². The largest absolute Gasteiger partial charge is 0.477 e. The quantitative estimate of drug-likeness (QED) is 0.767. The second kappa shape index (κ2) is 4.06. The number of aromatic carboxylic acids is 1. The Kier molecular flexibility index (Phi) is 2.72. The molecule has 0 spiro atoms. The van der Waals surface area contributed by atoms with Crippen LogP contribution < -0.4 is 5.73 Å². The summed E-state index contributed by atoms with van der Waals surface area (Å²) in [6.07, 6.45) is 0. The number of carbonyl (C=O) groups is 1. The van der Waals surface area contributed by atoms with Crippen LogP contribution in [0.25, 0.3) is 11.1 Å². The molecule has 0 amide bonds. The highest BCUT2D eigenvalue weighted by Crippen LogP contribution is 2.35. The van der Waals surface area contributed by atoms with Gasteiger partial charge in [-0.25, -0.2) is 9.18 Å². The SMILES string of the molecule is Nc1n[nH]c(C(=O)O)c1-c1c(F)cccc1Cl. The van der Waals surface area contributed by atoms with Crippen molar-refractivity contribution in [3.05, 3.63) is 34.7 Å². The van der Waals surface area contributed by atoms with Crippen LogP contribution >= 0.6 is 11.6 Å². The molecule has 0 radical (unpaired) electrons. The van der Waals surface area contributed by atoms with Crippen molar-refractivity contribution in [1.82, 2.24) is 10.2 Å². The van der Waals surface area contributed by atoms with E-state index in [0.717, 1.165) is 0 Å². The van der Waals surface area contributed by atoms with E-state index in [2.05, 4.69) is 10.2 Å². The summed E-state index contributed by atoms with van der Waals surface area (Å²) in [5.74, 6) is -2.06. The van der Waals surface area contributed by atoms with Gasteiger partial charge in [-0.2, -0.15) is 5.10 Å². The zero-order valence-corrected chi connectivity index (χ0v) is 9.12. The number of nitrogens with two attached hydrogens (primary N) is 1. The Morgan fingerprint density at radius 2 is 2.18 bits per heavy atom. The van der Waals surface area contributed by atoms with E-state index in [-0.39, 0.29) is 27.7 Å². The lowest BCUT2D eigenvalue weighted by atomic mass is 10.0. The van der Waals surface area contributed by atoms with Gasteiger partial charge in [0.25, 0.3) is 0 Å². The van der Waals surface area contributed by atoms with Crippen molar-refractivity contribution < 1.29 is 14.3 Å². The Morgan fingerprint density at radius 3 is 2.76 bits per heavy atom. The van der Waals surface area contributed by atoms with E-state index < -0.39 is 11.8 Å². The van der Waals surface area contributed by atoms with Crippen molar-refractivity contribution in [2.24, 2.45) is 0 Å². The summed E-state index contributed by atoms with van der Waals surface area (Å²) in [5.41, 5.74) is 5.11. The Balaban J connectivity index is 2.76. The van der Waals surface area contributed by atoms with E-state index in [0.29, 0.717) is 0 Å². The van der Waals surface area contributed by atoms with Gasteiger partial charge in [-0.15, -0.1) is 0 Å². The highest BCUT2D eigenvalue weighted by atomic mass is 35.5. The van der Waals surface area contributed by atoms with Gasteiger partial charge >= 0.3 is 5.97 Å². The number of hydrogen-bond donors (Lipinski definition) is 3. The van der Waals surface area contributed by atoms with Crippen LogP contribution in [-0.2, 0) is 0 Å². The van der Waals surface area contributed by atoms with Crippen LogP contribution in [0.2, 0.25) is 5.02 Å². The highest BCUT2D eigenvalue weighted by Gasteiger charge is 2.23. The summed E-state index contributed by atoms with van der Waals surface area (Å²) >= 11 is 5.84. The number of anilines is 1. The van der Waals surface area contributed by atoms with Gasteiger partial charge in [0.05, 0.1) is 10.6 Å². The second-order valence-corrected chi connectivity index (χ2v) is 3.67. The lowest BCUT2D eigenvalue weighted by Crippen LogP contribution is -2.01. The minimum absolute atomic E-state index is 0.0411. The molecule has 2 aromatic rings. The van der Waals surface area contributed by atoms with Crippen molar-refractivity contribution in [3.63, 3.8) is 0 Å². The van der Waals surface area contributed by atoms with Crippen molar-refractivity contribution >= 4 is 23.4 Å². The first-order valence-electron chi connectivity index (χ1n) is 4.54. The van der Waals surface area contributed by atoms with Gasteiger partial charge in [0.15, 0.2) is 11.5 Å². The molecule has 0 unspecified atom stereocenters. The summed E-state index contributed by atoms with van der Waals surface area (Å²) in [6, 6.07) is 4.02. The third kappa shape index (κ3) is 1.83. The monoisotopic (exact) mass is 255 g/mol. The molecule has 0 aliphatic carbocycles. The van der Waals surface area contributed by atoms with E-state index in [9.17, 15) is 9.18 Å². The van der Waals surface area contributed by atoms with E-state index in [1.165, 1.54) is 18.2 Å². The number of hydrogen-bond acceptors (Lipinski definition) is 3. The molecule has 0 aliphatic rings. The van der Waals surface area contributed by atoms with Gasteiger partial charge in [-0.05, 0) is 12.1 Å². The predicted molar refractivity (Wildman–Crippen MR) is 60.4 cm³/mol. The average Bonchev–Trinajstić information content (AvgIpc) is 2.61. The number of nitrogens with one attached hydrogen (secondary N) is 1. The fourth-order valence-electron chi connectivity index (χ4n) is 1.50. The predicted octanol–water partition coefficient (Wildman–Crippen LogP) is 2.15. The molecular weight excluding hydrogens is 249 g/mol. The second-order valence-electron chi connectivity index (χ2n) is 3.26. The zero-order valence-electron chi connectivity index (χ0n) is 8.37. The van der Waals surface area contributed by atoms with E-state index in [4.69, 9.17) is 22.4 Å². The number of carboxylic acid groups (broad SMARTS) is 1. The van der Waals surface area contributed by atoms with Gasteiger partial charge < -0.3 is 10.8 Å². The Bertz CT molecular complexity index is 577. The number of nitrogen functional groups attached to an aromatic ring is 1. The number of benzene rings is 1. The number of H-pyrrole nitrogens is 1. The normalized spacial score (nSPS) is 10.5. The topological polar surface area (TPSA) is 92.0 Å². The number of carboxylic acids is 1. The lowest BCUT2D eigenvalue weighted by Gasteiger charge is -2.05. The van der Waals surface area contributed by atoms with Crippen LogP contribution in [0.15, 0.2) is 18.2 Å². The minimum atomic E-state index is -1.29. The third-order valence-electron chi connectivity index (χ3n) is 2.22. The molecule has 7 heteroatoms. The van der Waals surface area contributed by atoms with Crippen molar-refractivity contribution in [2.75, 3.05) is 5.73 Å². The minimum Gasteiger partial charge on any atom is -0.477 e. The van der Waals surface area contributed by atoms with Gasteiger partial charge in [-0.3, -0.25) is 5.10 Å². The first kappa shape index (κ1) is 11.4.